The third-order valence-corrected chi connectivity index (χ3v) is 6.24. The van der Waals surface area contributed by atoms with Gasteiger partial charge in [0.1, 0.15) is 11.6 Å². The average Bonchev–Trinajstić information content (AvgIpc) is 2.81. The van der Waals surface area contributed by atoms with Gasteiger partial charge in [-0.15, -0.1) is 0 Å². The van der Waals surface area contributed by atoms with E-state index in [-0.39, 0.29) is 0 Å². The zero-order valence-electron chi connectivity index (χ0n) is 17.7. The van der Waals surface area contributed by atoms with Crippen LogP contribution in [0.15, 0.2) is 54.6 Å². The molecule has 0 radical (unpaired) electrons. The van der Waals surface area contributed by atoms with Crippen LogP contribution in [0.25, 0.3) is 6.08 Å². The van der Waals surface area contributed by atoms with Crippen LogP contribution in [0.5, 0.6) is 5.75 Å². The molecule has 162 valence electrons. The fourth-order valence-corrected chi connectivity index (χ4v) is 4.29. The summed E-state index contributed by atoms with van der Waals surface area (Å²) in [6.07, 6.45) is 5.53. The van der Waals surface area contributed by atoms with Gasteiger partial charge in [-0.1, -0.05) is 36.4 Å². The van der Waals surface area contributed by atoms with Gasteiger partial charge in [0.15, 0.2) is 5.72 Å². The molecule has 0 unspecified atom stereocenters. The molecule has 1 saturated heterocycles. The van der Waals surface area contributed by atoms with E-state index in [1.54, 1.807) is 11.6 Å². The molecular weight excluding hydrogens is 392 g/mol. The molecule has 0 aliphatic carbocycles. The van der Waals surface area contributed by atoms with Gasteiger partial charge in [-0.05, 0) is 35.8 Å². The van der Waals surface area contributed by atoms with Crippen LogP contribution < -0.4 is 10.2 Å². The number of amides is 1. The van der Waals surface area contributed by atoms with Gasteiger partial charge in [0.05, 0.1) is 5.56 Å². The molecule has 2 aliphatic heterocycles. The number of hydrogen-bond acceptors (Lipinski definition) is 5. The quantitative estimate of drug-likeness (QED) is 0.393. The van der Waals surface area contributed by atoms with Crippen molar-refractivity contribution in [2.24, 2.45) is 0 Å². The zero-order valence-corrected chi connectivity index (χ0v) is 17.7. The second-order valence-corrected chi connectivity index (χ2v) is 8.10. The molecule has 1 fully saturated rings. The first kappa shape index (κ1) is 21.1. The lowest BCUT2D eigenvalue weighted by atomic mass is 9.94. The molecule has 0 bridgehead atoms. The van der Waals surface area contributed by atoms with Gasteiger partial charge in [-0.25, -0.2) is 5.48 Å². The van der Waals surface area contributed by atoms with Crippen LogP contribution >= 0.6 is 0 Å². The van der Waals surface area contributed by atoms with Gasteiger partial charge >= 0.3 is 0 Å². The minimum Gasteiger partial charge on any atom is -0.467 e. The van der Waals surface area contributed by atoms with E-state index in [1.165, 1.54) is 11.6 Å². The maximum absolute atomic E-state index is 11.2. The van der Waals surface area contributed by atoms with E-state index in [0.29, 0.717) is 17.1 Å². The molecule has 0 aromatic heterocycles. The van der Waals surface area contributed by atoms with Crippen LogP contribution in [0, 0.1) is 5.41 Å². The number of carbonyl (C=O) groups excluding carboxylic acids is 1. The molecule has 7 heteroatoms. The van der Waals surface area contributed by atoms with Crippen molar-refractivity contribution in [2.45, 2.75) is 25.0 Å². The van der Waals surface area contributed by atoms with Gasteiger partial charge in [0, 0.05) is 45.6 Å². The molecule has 2 aliphatic rings. The summed E-state index contributed by atoms with van der Waals surface area (Å²) in [5.74, 6) is 0.518. The number of amidine groups is 1. The number of ether oxygens (including phenoxy) is 1. The third-order valence-electron chi connectivity index (χ3n) is 6.24. The number of hydroxylamine groups is 1. The summed E-state index contributed by atoms with van der Waals surface area (Å²) < 4.78 is 6.47. The van der Waals surface area contributed by atoms with E-state index in [1.807, 2.05) is 36.2 Å². The van der Waals surface area contributed by atoms with Gasteiger partial charge in [-0.2, -0.15) is 0 Å². The van der Waals surface area contributed by atoms with E-state index >= 15 is 0 Å². The van der Waals surface area contributed by atoms with Crippen molar-refractivity contribution in [1.82, 2.24) is 15.3 Å². The highest BCUT2D eigenvalue weighted by Gasteiger charge is 2.45. The van der Waals surface area contributed by atoms with Crippen molar-refractivity contribution in [2.75, 3.05) is 26.7 Å². The van der Waals surface area contributed by atoms with Crippen molar-refractivity contribution in [3.05, 3.63) is 71.3 Å². The summed E-state index contributed by atoms with van der Waals surface area (Å²) in [4.78, 5) is 15.6. The third kappa shape index (κ3) is 4.47. The normalized spacial score (nSPS) is 18.1. The number of fused-ring (bicyclic) bond motifs is 1. The molecule has 2 heterocycles. The number of piperidine rings is 1. The van der Waals surface area contributed by atoms with Gasteiger partial charge in [0.2, 0.25) is 0 Å². The van der Waals surface area contributed by atoms with Crippen molar-refractivity contribution < 1.29 is 14.7 Å². The SMILES string of the molecule is CN1C(=N)c2cc(/C=C/C(=O)NO)ccc2OC12CCN(CCc1ccccc1)CC2. The average molecular weight is 421 g/mol. The molecular formula is C24H28N4O3. The van der Waals surface area contributed by atoms with Crippen LogP contribution in [0.1, 0.15) is 29.5 Å². The Morgan fingerprint density at radius 2 is 1.97 bits per heavy atom. The summed E-state index contributed by atoms with van der Waals surface area (Å²) >= 11 is 0. The Hall–Kier alpha value is -3.16. The molecule has 31 heavy (non-hydrogen) atoms. The highest BCUT2D eigenvalue weighted by Crippen LogP contribution is 2.39. The van der Waals surface area contributed by atoms with Crippen molar-refractivity contribution in [3.63, 3.8) is 0 Å². The number of carbonyl (C=O) groups is 1. The molecule has 1 spiro atoms. The minimum absolute atomic E-state index is 0.417. The van der Waals surface area contributed by atoms with Crippen molar-refractivity contribution >= 4 is 17.8 Å². The van der Waals surface area contributed by atoms with Crippen molar-refractivity contribution in [3.8, 4) is 5.75 Å². The van der Waals surface area contributed by atoms with E-state index < -0.39 is 11.6 Å². The second-order valence-electron chi connectivity index (χ2n) is 8.10. The van der Waals surface area contributed by atoms with Crippen LogP contribution in [0.3, 0.4) is 0 Å². The fraction of sp³-hybridized carbons (Fsp3) is 0.333. The maximum atomic E-state index is 11.2. The summed E-state index contributed by atoms with van der Waals surface area (Å²) in [7, 11) is 1.92. The lowest BCUT2D eigenvalue weighted by Crippen LogP contribution is -2.61. The van der Waals surface area contributed by atoms with Gasteiger partial charge in [-0.3, -0.25) is 15.4 Å². The summed E-state index contributed by atoms with van der Waals surface area (Å²) in [5.41, 5.74) is 3.88. The highest BCUT2D eigenvalue weighted by molar-refractivity contribution is 6.01. The van der Waals surface area contributed by atoms with Gasteiger partial charge in [0.25, 0.3) is 5.91 Å². The first-order valence-corrected chi connectivity index (χ1v) is 10.5. The van der Waals surface area contributed by atoms with E-state index in [2.05, 4.69) is 29.2 Å². The number of nitrogens with zero attached hydrogens (tertiary/aromatic N) is 2. The van der Waals surface area contributed by atoms with E-state index in [4.69, 9.17) is 15.4 Å². The Labute approximate surface area is 182 Å². The Balaban J connectivity index is 1.43. The van der Waals surface area contributed by atoms with Crippen LogP contribution in [-0.4, -0.2) is 59.2 Å². The zero-order chi connectivity index (χ0) is 21.8. The number of rotatable bonds is 5. The number of benzene rings is 2. The monoisotopic (exact) mass is 420 g/mol. The maximum Gasteiger partial charge on any atom is 0.267 e. The lowest BCUT2D eigenvalue weighted by Gasteiger charge is -2.50. The Morgan fingerprint density at radius 1 is 1.23 bits per heavy atom. The summed E-state index contributed by atoms with van der Waals surface area (Å²) in [6.45, 7) is 2.88. The van der Waals surface area contributed by atoms with Gasteiger partial charge < -0.3 is 14.5 Å². The lowest BCUT2D eigenvalue weighted by molar-refractivity contribution is -0.124. The smallest absolute Gasteiger partial charge is 0.267 e. The van der Waals surface area contributed by atoms with Crippen LogP contribution in [-0.2, 0) is 11.2 Å². The summed E-state index contributed by atoms with van der Waals surface area (Å²) in [6, 6.07) is 16.1. The predicted molar refractivity (Wildman–Crippen MR) is 119 cm³/mol. The number of hydrogen-bond donors (Lipinski definition) is 3. The standard InChI is InChI=1S/C24H28N4O3/c1-27-23(25)20-17-19(8-10-22(29)26-30)7-9-21(20)31-24(27)12-15-28(16-13-24)14-11-18-5-3-2-4-6-18/h2-10,17,25,30H,11-16H2,1H3,(H,26,29)/b10-8+,25-23?. The van der Waals surface area contributed by atoms with Crippen molar-refractivity contribution in [1.29, 1.82) is 5.41 Å². The van der Waals surface area contributed by atoms with Crippen LogP contribution in [0.2, 0.25) is 0 Å². The predicted octanol–water partition coefficient (Wildman–Crippen LogP) is 2.89. The Kier molecular flexibility index (Phi) is 6.06. The molecule has 1 amide bonds. The highest BCUT2D eigenvalue weighted by atomic mass is 16.5. The molecule has 2 aromatic rings. The fourth-order valence-electron chi connectivity index (χ4n) is 4.29. The molecule has 0 atom stereocenters. The second kappa shape index (κ2) is 8.91. The topological polar surface area (TPSA) is 88.9 Å². The largest absolute Gasteiger partial charge is 0.467 e. The molecule has 3 N–H and O–H groups in total. The minimum atomic E-state index is -0.598. The number of nitrogens with one attached hydrogen (secondary N) is 2. The molecule has 2 aromatic carbocycles. The Bertz CT molecular complexity index is 982. The van der Waals surface area contributed by atoms with E-state index in [0.717, 1.165) is 44.5 Å². The summed E-state index contributed by atoms with van der Waals surface area (Å²) in [5, 5.41) is 17.3. The first-order valence-electron chi connectivity index (χ1n) is 10.5. The first-order chi connectivity index (χ1) is 15.0. The molecule has 4 rings (SSSR count). The van der Waals surface area contributed by atoms with Crippen LogP contribution in [0.4, 0.5) is 0 Å². The molecule has 7 nitrogen and oxygen atoms in total. The number of likely N-dealkylation sites (tertiary alicyclic amines) is 1. The molecule has 0 saturated carbocycles. The Morgan fingerprint density at radius 3 is 2.68 bits per heavy atom. The van der Waals surface area contributed by atoms with E-state index in [9.17, 15) is 4.79 Å².